The quantitative estimate of drug-likeness (QED) is 0.917. The first kappa shape index (κ1) is 14.3. The van der Waals surface area contributed by atoms with Crippen LogP contribution < -0.4 is 0 Å². The molecule has 0 spiro atoms. The summed E-state index contributed by atoms with van der Waals surface area (Å²) in [7, 11) is 0. The highest BCUT2D eigenvalue weighted by Crippen LogP contribution is 2.29. The highest BCUT2D eigenvalue weighted by Gasteiger charge is 2.27. The molecule has 0 unspecified atom stereocenters. The van der Waals surface area contributed by atoms with Crippen LogP contribution >= 0.6 is 0 Å². The van der Waals surface area contributed by atoms with Crippen LogP contribution in [0.5, 0.6) is 0 Å². The van der Waals surface area contributed by atoms with E-state index in [-0.39, 0.29) is 12.5 Å². The lowest BCUT2D eigenvalue weighted by Gasteiger charge is -2.32. The predicted octanol–water partition coefficient (Wildman–Crippen LogP) is 1.69. The molecule has 0 radical (unpaired) electrons. The summed E-state index contributed by atoms with van der Waals surface area (Å²) in [6.45, 7) is 2.31. The fourth-order valence-corrected chi connectivity index (χ4v) is 3.42. The third-order valence-corrected chi connectivity index (χ3v) is 4.58. The second-order valence-electron chi connectivity index (χ2n) is 5.89. The van der Waals surface area contributed by atoms with E-state index in [9.17, 15) is 4.79 Å². The van der Waals surface area contributed by atoms with Gasteiger partial charge in [0.2, 0.25) is 5.91 Å². The van der Waals surface area contributed by atoms with Gasteiger partial charge in [0.05, 0.1) is 13.2 Å². The number of hydrogen-bond acceptors (Lipinski definition) is 3. The minimum Gasteiger partial charge on any atom is -0.394 e. The van der Waals surface area contributed by atoms with E-state index in [1.807, 2.05) is 15.6 Å². The molecule has 1 N–H and O–H groups in total. The van der Waals surface area contributed by atoms with Crippen molar-refractivity contribution in [3.63, 3.8) is 0 Å². The number of carbonyl (C=O) groups excluding carboxylic acids is 1. The second kappa shape index (κ2) is 6.43. The maximum absolute atomic E-state index is 12.4. The Balaban J connectivity index is 1.59. The molecule has 1 saturated heterocycles. The topological polar surface area (TPSA) is 58.4 Å². The van der Waals surface area contributed by atoms with E-state index in [1.54, 1.807) is 6.20 Å². The molecular formula is C16H23N3O2. The van der Waals surface area contributed by atoms with Crippen molar-refractivity contribution in [2.24, 2.45) is 0 Å². The maximum atomic E-state index is 12.4. The molecule has 1 aliphatic carbocycles. The molecule has 0 atom stereocenters. The Labute approximate surface area is 125 Å². The number of hydrogen-bond donors (Lipinski definition) is 1. The highest BCUT2D eigenvalue weighted by molar-refractivity contribution is 5.93. The van der Waals surface area contributed by atoms with E-state index < -0.39 is 0 Å². The first-order valence-corrected chi connectivity index (χ1v) is 7.90. The molecule has 1 fully saturated rings. The third-order valence-electron chi connectivity index (χ3n) is 4.58. The largest absolute Gasteiger partial charge is 0.394 e. The van der Waals surface area contributed by atoms with Crippen LogP contribution in [-0.4, -0.2) is 45.4 Å². The van der Waals surface area contributed by atoms with Crippen molar-refractivity contribution in [1.29, 1.82) is 0 Å². The predicted molar refractivity (Wildman–Crippen MR) is 79.8 cm³/mol. The van der Waals surface area contributed by atoms with Crippen LogP contribution in [0.2, 0.25) is 0 Å². The number of allylic oxidation sites excluding steroid dienone is 1. The maximum Gasteiger partial charge on any atom is 0.249 e. The molecule has 2 heterocycles. The molecule has 2 aliphatic rings. The molecule has 114 valence electrons. The molecule has 5 nitrogen and oxygen atoms in total. The second-order valence-corrected chi connectivity index (χ2v) is 5.89. The van der Waals surface area contributed by atoms with E-state index in [4.69, 9.17) is 5.11 Å². The molecule has 3 rings (SSSR count). The zero-order chi connectivity index (χ0) is 14.7. The van der Waals surface area contributed by atoms with Gasteiger partial charge in [0.25, 0.3) is 0 Å². The number of carbonyl (C=O) groups is 1. The lowest BCUT2D eigenvalue weighted by atomic mass is 9.93. The number of rotatable bonds is 4. The van der Waals surface area contributed by atoms with Crippen molar-refractivity contribution < 1.29 is 9.90 Å². The van der Waals surface area contributed by atoms with Crippen molar-refractivity contribution in [1.82, 2.24) is 14.7 Å². The Morgan fingerprint density at radius 3 is 2.86 bits per heavy atom. The summed E-state index contributed by atoms with van der Waals surface area (Å²) in [5.74, 6) is 0.690. The number of aliphatic hydroxyl groups is 1. The lowest BCUT2D eigenvalue weighted by Crippen LogP contribution is -2.38. The number of aromatic nitrogens is 2. The third kappa shape index (κ3) is 3.02. The van der Waals surface area contributed by atoms with E-state index in [0.717, 1.165) is 50.8 Å². The number of piperidine rings is 1. The SMILES string of the molecule is O=C(C1=CCCC1)N1CCC(c2ccnn2CCO)CC1. The summed E-state index contributed by atoms with van der Waals surface area (Å²) >= 11 is 0. The van der Waals surface area contributed by atoms with Gasteiger partial charge in [-0.3, -0.25) is 9.48 Å². The van der Waals surface area contributed by atoms with Gasteiger partial charge >= 0.3 is 0 Å². The van der Waals surface area contributed by atoms with Gasteiger partial charge in [-0.25, -0.2) is 0 Å². The Hall–Kier alpha value is -1.62. The summed E-state index contributed by atoms with van der Waals surface area (Å²) in [5, 5.41) is 13.3. The molecule has 5 heteroatoms. The van der Waals surface area contributed by atoms with Crippen LogP contribution in [0.1, 0.15) is 43.7 Å². The van der Waals surface area contributed by atoms with Crippen LogP contribution in [0.4, 0.5) is 0 Å². The molecule has 1 aromatic heterocycles. The Morgan fingerprint density at radius 2 is 2.19 bits per heavy atom. The average molecular weight is 289 g/mol. The van der Waals surface area contributed by atoms with Crippen LogP contribution in [0.15, 0.2) is 23.9 Å². The first-order valence-electron chi connectivity index (χ1n) is 7.90. The van der Waals surface area contributed by atoms with Gasteiger partial charge in [-0.1, -0.05) is 6.08 Å². The average Bonchev–Trinajstić information content (AvgIpc) is 3.19. The summed E-state index contributed by atoms with van der Waals surface area (Å²) in [4.78, 5) is 14.4. The summed E-state index contributed by atoms with van der Waals surface area (Å²) in [6, 6.07) is 2.04. The van der Waals surface area contributed by atoms with Crippen LogP contribution in [-0.2, 0) is 11.3 Å². The highest BCUT2D eigenvalue weighted by atomic mass is 16.3. The monoisotopic (exact) mass is 289 g/mol. The molecule has 1 amide bonds. The molecule has 21 heavy (non-hydrogen) atoms. The molecule has 0 saturated carbocycles. The van der Waals surface area contributed by atoms with Crippen LogP contribution in [0.3, 0.4) is 0 Å². The molecular weight excluding hydrogens is 266 g/mol. The Bertz CT molecular complexity index is 527. The van der Waals surface area contributed by atoms with Gasteiger partial charge in [-0.05, 0) is 38.2 Å². The first-order chi connectivity index (χ1) is 10.3. The van der Waals surface area contributed by atoms with Crippen LogP contribution in [0.25, 0.3) is 0 Å². The number of likely N-dealkylation sites (tertiary alicyclic amines) is 1. The molecule has 1 aromatic rings. The van der Waals surface area contributed by atoms with E-state index in [0.29, 0.717) is 12.5 Å². The van der Waals surface area contributed by atoms with Crippen LogP contribution in [0, 0.1) is 0 Å². The van der Waals surface area contributed by atoms with Gasteiger partial charge < -0.3 is 10.0 Å². The van der Waals surface area contributed by atoms with E-state index in [1.165, 1.54) is 5.69 Å². The minimum absolute atomic E-state index is 0.111. The van der Waals surface area contributed by atoms with Gasteiger partial charge in [-0.2, -0.15) is 5.10 Å². The standard InChI is InChI=1S/C16H23N3O2/c20-12-11-19-15(5-8-17-19)13-6-9-18(10-7-13)16(21)14-3-1-2-4-14/h3,5,8,13,20H,1-2,4,6-7,9-12H2. The number of aliphatic hydroxyl groups excluding tert-OH is 1. The number of amides is 1. The van der Waals surface area contributed by atoms with Gasteiger partial charge in [0.1, 0.15) is 0 Å². The lowest BCUT2D eigenvalue weighted by molar-refractivity contribution is -0.128. The van der Waals surface area contributed by atoms with E-state index in [2.05, 4.69) is 11.2 Å². The Kier molecular flexibility index (Phi) is 4.39. The zero-order valence-corrected chi connectivity index (χ0v) is 12.4. The Morgan fingerprint density at radius 1 is 1.38 bits per heavy atom. The summed E-state index contributed by atoms with van der Waals surface area (Å²) < 4.78 is 1.89. The van der Waals surface area contributed by atoms with Crippen molar-refractivity contribution in [2.75, 3.05) is 19.7 Å². The van der Waals surface area contributed by atoms with Gasteiger partial charge in [0, 0.05) is 36.5 Å². The fraction of sp³-hybridized carbons (Fsp3) is 0.625. The minimum atomic E-state index is 0.111. The van der Waals surface area contributed by atoms with Crippen molar-refractivity contribution >= 4 is 5.91 Å². The smallest absolute Gasteiger partial charge is 0.249 e. The zero-order valence-electron chi connectivity index (χ0n) is 12.4. The fourth-order valence-electron chi connectivity index (χ4n) is 3.42. The van der Waals surface area contributed by atoms with Gasteiger partial charge in [-0.15, -0.1) is 0 Å². The van der Waals surface area contributed by atoms with Crippen molar-refractivity contribution in [3.05, 3.63) is 29.6 Å². The summed E-state index contributed by atoms with van der Waals surface area (Å²) in [5.41, 5.74) is 2.20. The number of nitrogens with zero attached hydrogens (tertiary/aromatic N) is 3. The normalized spacial score (nSPS) is 19.9. The summed E-state index contributed by atoms with van der Waals surface area (Å²) in [6.07, 6.45) is 8.99. The van der Waals surface area contributed by atoms with E-state index >= 15 is 0 Å². The van der Waals surface area contributed by atoms with Crippen molar-refractivity contribution in [3.8, 4) is 0 Å². The molecule has 0 aromatic carbocycles. The molecule has 1 aliphatic heterocycles. The van der Waals surface area contributed by atoms with Crippen molar-refractivity contribution in [2.45, 2.75) is 44.6 Å². The molecule has 0 bridgehead atoms. The van der Waals surface area contributed by atoms with Gasteiger partial charge in [0.15, 0.2) is 0 Å².